The topological polar surface area (TPSA) is 78.3 Å². The highest BCUT2D eigenvalue weighted by Crippen LogP contribution is 2.00. The van der Waals surface area contributed by atoms with Crippen LogP contribution >= 0.6 is 23.5 Å². The van der Waals surface area contributed by atoms with Crippen LogP contribution in [-0.2, 0) is 9.08 Å². The van der Waals surface area contributed by atoms with Crippen LogP contribution in [0.4, 0.5) is 0 Å². The molecule has 0 bridgehead atoms. The predicted octanol–water partition coefficient (Wildman–Crippen LogP) is -0.507. The largest absolute Gasteiger partial charge is 0.375 e. The van der Waals surface area contributed by atoms with Crippen LogP contribution in [0.2, 0.25) is 0 Å². The Hall–Kier alpha value is -0.0300. The van der Waals surface area contributed by atoms with E-state index in [0.29, 0.717) is 0 Å². The Morgan fingerprint density at radius 3 is 2.00 bits per heavy atom. The van der Waals surface area contributed by atoms with Gasteiger partial charge in [-0.25, -0.2) is 4.79 Å². The third-order valence-corrected chi connectivity index (χ3v) is 0.677. The van der Waals surface area contributed by atoms with Crippen LogP contribution in [0.15, 0.2) is 0 Å². The van der Waals surface area contributed by atoms with Gasteiger partial charge in [0.05, 0.1) is 0 Å². The van der Waals surface area contributed by atoms with E-state index in [4.69, 9.17) is 23.1 Å². The first kappa shape index (κ1) is 7.97. The second kappa shape index (κ2) is 2.50. The SMILES string of the molecule is NC(N)(Cl)C(=O)OCl. The lowest BCUT2D eigenvalue weighted by molar-refractivity contribution is -0.136. The summed E-state index contributed by atoms with van der Waals surface area (Å²) in [5.74, 6) is -1.08. The fourth-order valence-corrected chi connectivity index (χ4v) is 0.265. The third-order valence-electron chi connectivity index (χ3n) is 0.383. The molecule has 0 aliphatic carbocycles. The molecular formula is C2H4Cl2N2O2. The molecule has 0 atom stereocenters. The van der Waals surface area contributed by atoms with Crippen LogP contribution in [-0.4, -0.2) is 11.1 Å². The zero-order valence-electron chi connectivity index (χ0n) is 3.73. The van der Waals surface area contributed by atoms with Crippen molar-refractivity contribution < 1.29 is 9.08 Å². The number of rotatable bonds is 1. The molecule has 0 aliphatic heterocycles. The molecule has 4 N–H and O–H groups in total. The number of halogens is 2. The van der Waals surface area contributed by atoms with Crippen molar-refractivity contribution in [3.63, 3.8) is 0 Å². The van der Waals surface area contributed by atoms with Crippen molar-refractivity contribution in [1.29, 1.82) is 0 Å². The minimum absolute atomic E-state index is 1.08. The number of carbonyl (C=O) groups excluding carboxylic acids is 1. The maximum Gasteiger partial charge on any atom is 0.375 e. The molecule has 0 heterocycles. The van der Waals surface area contributed by atoms with Gasteiger partial charge >= 0.3 is 5.97 Å². The summed E-state index contributed by atoms with van der Waals surface area (Å²) in [4.78, 5) is 10.1. The van der Waals surface area contributed by atoms with Gasteiger partial charge in [0.1, 0.15) is 11.9 Å². The van der Waals surface area contributed by atoms with Crippen LogP contribution in [0, 0.1) is 0 Å². The zero-order valence-corrected chi connectivity index (χ0v) is 5.24. The molecule has 0 saturated heterocycles. The minimum atomic E-state index is -2.01. The summed E-state index contributed by atoms with van der Waals surface area (Å²) in [5.41, 5.74) is 9.55. The summed E-state index contributed by atoms with van der Waals surface area (Å²) in [6, 6.07) is 0. The number of carbonyl (C=O) groups is 1. The Morgan fingerprint density at radius 1 is 1.62 bits per heavy atom. The molecule has 0 aromatic heterocycles. The van der Waals surface area contributed by atoms with Crippen molar-refractivity contribution in [2.45, 2.75) is 5.12 Å². The second-order valence-electron chi connectivity index (χ2n) is 1.13. The van der Waals surface area contributed by atoms with Crippen molar-refractivity contribution in [1.82, 2.24) is 0 Å². The maximum atomic E-state index is 10.1. The van der Waals surface area contributed by atoms with Gasteiger partial charge in [-0.3, -0.25) is 11.5 Å². The van der Waals surface area contributed by atoms with Gasteiger partial charge in [0.25, 0.3) is 0 Å². The van der Waals surface area contributed by atoms with Crippen molar-refractivity contribution in [2.75, 3.05) is 0 Å². The molecule has 0 aliphatic rings. The maximum absolute atomic E-state index is 10.1. The van der Waals surface area contributed by atoms with Crippen molar-refractivity contribution in [3.05, 3.63) is 0 Å². The summed E-state index contributed by atoms with van der Waals surface area (Å²) >= 11 is 9.52. The molecule has 0 saturated carbocycles. The normalized spacial score (nSPS) is 11.0. The highest BCUT2D eigenvalue weighted by Gasteiger charge is 2.27. The van der Waals surface area contributed by atoms with Crippen LogP contribution in [0.3, 0.4) is 0 Å². The van der Waals surface area contributed by atoms with Crippen LogP contribution in [0.25, 0.3) is 0 Å². The van der Waals surface area contributed by atoms with Gasteiger partial charge in [-0.15, -0.1) is 0 Å². The Kier molecular flexibility index (Phi) is 2.49. The molecule has 0 spiro atoms. The molecule has 8 heavy (non-hydrogen) atoms. The lowest BCUT2D eigenvalue weighted by Crippen LogP contribution is -2.51. The standard InChI is InChI=1S/C2H4Cl2N2O2/c3-2(5,6)1(7)8-4/h5-6H2. The molecule has 4 nitrogen and oxygen atoms in total. The van der Waals surface area contributed by atoms with E-state index >= 15 is 0 Å². The third kappa shape index (κ3) is 2.32. The molecule has 0 amide bonds. The Balaban J connectivity index is 3.82. The van der Waals surface area contributed by atoms with Gasteiger partial charge in [-0.05, 0) is 0 Å². The molecule has 6 heteroatoms. The molecular weight excluding hydrogens is 155 g/mol. The fourth-order valence-electron chi connectivity index (χ4n) is 0.0591. The van der Waals surface area contributed by atoms with Gasteiger partial charge in [-0.2, -0.15) is 0 Å². The van der Waals surface area contributed by atoms with E-state index in [1.807, 2.05) is 0 Å². The van der Waals surface area contributed by atoms with Gasteiger partial charge in [-0.1, -0.05) is 11.6 Å². The van der Waals surface area contributed by atoms with E-state index < -0.39 is 11.1 Å². The van der Waals surface area contributed by atoms with E-state index in [9.17, 15) is 4.79 Å². The molecule has 0 aromatic carbocycles. The fraction of sp³-hybridized carbons (Fsp3) is 0.500. The smallest absolute Gasteiger partial charge is 0.343 e. The van der Waals surface area contributed by atoms with Crippen LogP contribution in [0.5, 0.6) is 0 Å². The molecule has 0 rings (SSSR count). The monoisotopic (exact) mass is 158 g/mol. The number of alkyl halides is 1. The first-order chi connectivity index (χ1) is 3.48. The minimum Gasteiger partial charge on any atom is -0.343 e. The average molecular weight is 159 g/mol. The molecule has 0 fully saturated rings. The van der Waals surface area contributed by atoms with Crippen molar-refractivity contribution >= 4 is 29.4 Å². The molecule has 0 radical (unpaired) electrons. The lowest BCUT2D eigenvalue weighted by atomic mass is 10.5. The lowest BCUT2D eigenvalue weighted by Gasteiger charge is -2.08. The van der Waals surface area contributed by atoms with E-state index in [1.165, 1.54) is 0 Å². The van der Waals surface area contributed by atoms with Gasteiger partial charge in [0, 0.05) is 0 Å². The van der Waals surface area contributed by atoms with Crippen molar-refractivity contribution in [3.8, 4) is 0 Å². The van der Waals surface area contributed by atoms with E-state index in [2.05, 4.69) is 16.2 Å². The summed E-state index contributed by atoms with van der Waals surface area (Å²) in [6.45, 7) is 0. The first-order valence-electron chi connectivity index (χ1n) is 1.58. The quantitative estimate of drug-likeness (QED) is 0.307. The highest BCUT2D eigenvalue weighted by molar-refractivity contribution is 6.34. The second-order valence-corrected chi connectivity index (χ2v) is 1.91. The summed E-state index contributed by atoms with van der Waals surface area (Å²) in [5, 5.41) is -2.01. The van der Waals surface area contributed by atoms with E-state index in [1.54, 1.807) is 0 Å². The Morgan fingerprint density at radius 2 is 2.00 bits per heavy atom. The molecule has 48 valence electrons. The van der Waals surface area contributed by atoms with E-state index in [0.717, 1.165) is 0 Å². The summed E-state index contributed by atoms with van der Waals surface area (Å²) in [6.07, 6.45) is 0. The summed E-state index contributed by atoms with van der Waals surface area (Å²) < 4.78 is 3.57. The van der Waals surface area contributed by atoms with Gasteiger partial charge in [0.15, 0.2) is 0 Å². The van der Waals surface area contributed by atoms with Crippen LogP contribution < -0.4 is 11.5 Å². The molecule has 0 unspecified atom stereocenters. The van der Waals surface area contributed by atoms with Crippen LogP contribution in [0.1, 0.15) is 0 Å². The highest BCUT2D eigenvalue weighted by atomic mass is 35.5. The van der Waals surface area contributed by atoms with Gasteiger partial charge in [0.2, 0.25) is 5.12 Å². The van der Waals surface area contributed by atoms with Gasteiger partial charge < -0.3 is 4.29 Å². The first-order valence-corrected chi connectivity index (χ1v) is 2.27. The zero-order chi connectivity index (χ0) is 6.78. The molecule has 0 aromatic rings. The van der Waals surface area contributed by atoms with E-state index in [-0.39, 0.29) is 0 Å². The number of hydrogen-bond acceptors (Lipinski definition) is 4. The average Bonchev–Trinajstić information content (AvgIpc) is 1.62. The predicted molar refractivity (Wildman–Crippen MR) is 28.9 cm³/mol. The number of nitrogens with two attached hydrogens (primary N) is 2. The Labute approximate surface area is 55.8 Å². The van der Waals surface area contributed by atoms with Crippen molar-refractivity contribution in [2.24, 2.45) is 11.5 Å². The summed E-state index contributed by atoms with van der Waals surface area (Å²) in [7, 11) is 0. The Bertz CT molecular complexity index is 98.7. The number of hydrogen-bond donors (Lipinski definition) is 2.